The summed E-state index contributed by atoms with van der Waals surface area (Å²) < 4.78 is 1.72. The first kappa shape index (κ1) is 16.3. The molecule has 1 aliphatic carbocycles. The molecule has 26 heavy (non-hydrogen) atoms. The molecule has 0 atom stereocenters. The number of guanidine groups is 1. The zero-order valence-electron chi connectivity index (χ0n) is 14.6. The highest BCUT2D eigenvalue weighted by Gasteiger charge is 2.13. The molecule has 0 spiro atoms. The molecule has 2 aromatic carbocycles. The Morgan fingerprint density at radius 3 is 2.77 bits per heavy atom. The van der Waals surface area contributed by atoms with E-state index in [-0.39, 0.29) is 0 Å². The molecule has 1 aromatic heterocycles. The lowest BCUT2D eigenvalue weighted by molar-refractivity contribution is 0.687. The van der Waals surface area contributed by atoms with Crippen LogP contribution < -0.4 is 11.1 Å². The number of aliphatic imine (C=N–C) groups is 1. The first-order chi connectivity index (χ1) is 12.8. The number of hydrogen-bond donors (Lipinski definition) is 2. The zero-order chi connectivity index (χ0) is 17.8. The summed E-state index contributed by atoms with van der Waals surface area (Å²) in [7, 11) is 0. The SMILES string of the molecule is NC(=NCc1ccc(-n2cncn2)cc1)Nc1cccc2c1CCCC2. The number of benzene rings is 2. The molecule has 1 aliphatic rings. The van der Waals surface area contributed by atoms with Crippen LogP contribution in [0, 0.1) is 0 Å². The van der Waals surface area contributed by atoms with Crippen LogP contribution in [-0.2, 0) is 19.4 Å². The minimum atomic E-state index is 0.448. The standard InChI is InChI=1S/C20H22N6/c21-20(25-19-7-3-5-16-4-1-2-6-18(16)19)23-12-15-8-10-17(11-9-15)26-14-22-13-24-26/h3,5,7-11,13-14H,1-2,4,6,12H2,(H3,21,23,25). The van der Waals surface area contributed by atoms with E-state index < -0.39 is 0 Å². The minimum absolute atomic E-state index is 0.448. The molecular formula is C20H22N6. The predicted octanol–water partition coefficient (Wildman–Crippen LogP) is 3.07. The van der Waals surface area contributed by atoms with Gasteiger partial charge in [0.15, 0.2) is 5.96 Å². The summed E-state index contributed by atoms with van der Waals surface area (Å²) in [5.74, 6) is 0.448. The van der Waals surface area contributed by atoms with E-state index in [1.54, 1.807) is 11.0 Å². The number of nitrogens with two attached hydrogens (primary N) is 1. The molecule has 3 N–H and O–H groups in total. The number of aromatic nitrogens is 3. The third kappa shape index (κ3) is 3.59. The maximum absolute atomic E-state index is 6.11. The zero-order valence-corrected chi connectivity index (χ0v) is 14.6. The fourth-order valence-electron chi connectivity index (χ4n) is 3.35. The van der Waals surface area contributed by atoms with Crippen LogP contribution in [0.2, 0.25) is 0 Å². The van der Waals surface area contributed by atoms with Crippen LogP contribution in [0.5, 0.6) is 0 Å². The second-order valence-electron chi connectivity index (χ2n) is 6.48. The summed E-state index contributed by atoms with van der Waals surface area (Å²) >= 11 is 0. The van der Waals surface area contributed by atoms with Gasteiger partial charge in [0.2, 0.25) is 0 Å². The van der Waals surface area contributed by atoms with Crippen LogP contribution in [0.1, 0.15) is 29.5 Å². The number of nitrogens with zero attached hydrogens (tertiary/aromatic N) is 4. The van der Waals surface area contributed by atoms with Gasteiger partial charge in [0.25, 0.3) is 0 Å². The van der Waals surface area contributed by atoms with Gasteiger partial charge in [-0.2, -0.15) is 5.10 Å². The van der Waals surface area contributed by atoms with Crippen molar-refractivity contribution in [2.75, 3.05) is 5.32 Å². The molecule has 0 unspecified atom stereocenters. The van der Waals surface area contributed by atoms with Gasteiger partial charge in [-0.25, -0.2) is 14.7 Å². The number of aryl methyl sites for hydroxylation is 1. The molecule has 0 radical (unpaired) electrons. The van der Waals surface area contributed by atoms with Crippen molar-refractivity contribution in [3.63, 3.8) is 0 Å². The van der Waals surface area contributed by atoms with E-state index in [9.17, 15) is 0 Å². The monoisotopic (exact) mass is 346 g/mol. The molecule has 0 saturated carbocycles. The Kier molecular flexibility index (Phi) is 4.64. The van der Waals surface area contributed by atoms with E-state index >= 15 is 0 Å². The summed E-state index contributed by atoms with van der Waals surface area (Å²) in [6.45, 7) is 0.533. The molecule has 0 amide bonds. The summed E-state index contributed by atoms with van der Waals surface area (Å²) in [6.07, 6.45) is 7.96. The third-order valence-electron chi connectivity index (χ3n) is 4.71. The number of hydrogen-bond acceptors (Lipinski definition) is 3. The van der Waals surface area contributed by atoms with Gasteiger partial charge in [-0.15, -0.1) is 0 Å². The molecule has 132 valence electrons. The molecule has 0 saturated heterocycles. The van der Waals surface area contributed by atoms with Gasteiger partial charge in [-0.1, -0.05) is 24.3 Å². The fourth-order valence-corrected chi connectivity index (χ4v) is 3.35. The van der Waals surface area contributed by atoms with E-state index in [0.717, 1.165) is 29.8 Å². The number of fused-ring (bicyclic) bond motifs is 1. The summed E-state index contributed by atoms with van der Waals surface area (Å²) in [5, 5.41) is 7.40. The maximum Gasteiger partial charge on any atom is 0.193 e. The number of nitrogens with one attached hydrogen (secondary N) is 1. The van der Waals surface area contributed by atoms with Gasteiger partial charge in [-0.05, 0) is 60.6 Å². The van der Waals surface area contributed by atoms with E-state index in [1.807, 2.05) is 24.3 Å². The highest BCUT2D eigenvalue weighted by atomic mass is 15.3. The van der Waals surface area contributed by atoms with Crippen molar-refractivity contribution in [2.45, 2.75) is 32.2 Å². The van der Waals surface area contributed by atoms with Crippen molar-refractivity contribution in [1.82, 2.24) is 14.8 Å². The molecule has 6 nitrogen and oxygen atoms in total. The lowest BCUT2D eigenvalue weighted by Crippen LogP contribution is -2.24. The molecule has 3 aromatic rings. The average molecular weight is 346 g/mol. The molecule has 0 fully saturated rings. The molecule has 0 bridgehead atoms. The minimum Gasteiger partial charge on any atom is -0.370 e. The van der Waals surface area contributed by atoms with Crippen LogP contribution in [0.15, 0.2) is 60.1 Å². The number of anilines is 1. The lowest BCUT2D eigenvalue weighted by Gasteiger charge is -2.19. The fraction of sp³-hybridized carbons (Fsp3) is 0.250. The predicted molar refractivity (Wildman–Crippen MR) is 103 cm³/mol. The second-order valence-corrected chi connectivity index (χ2v) is 6.48. The van der Waals surface area contributed by atoms with E-state index in [0.29, 0.717) is 12.5 Å². The van der Waals surface area contributed by atoms with E-state index in [2.05, 4.69) is 38.6 Å². The topological polar surface area (TPSA) is 81.1 Å². The van der Waals surface area contributed by atoms with Gasteiger partial charge in [0.1, 0.15) is 12.7 Å². The quantitative estimate of drug-likeness (QED) is 0.562. The van der Waals surface area contributed by atoms with Gasteiger partial charge in [-0.3, -0.25) is 0 Å². The smallest absolute Gasteiger partial charge is 0.193 e. The lowest BCUT2D eigenvalue weighted by atomic mass is 9.90. The van der Waals surface area contributed by atoms with Crippen LogP contribution in [0.25, 0.3) is 5.69 Å². The van der Waals surface area contributed by atoms with Gasteiger partial charge < -0.3 is 11.1 Å². The highest BCUT2D eigenvalue weighted by molar-refractivity contribution is 5.93. The van der Waals surface area contributed by atoms with Crippen molar-refractivity contribution in [3.8, 4) is 5.69 Å². The Morgan fingerprint density at radius 2 is 1.96 bits per heavy atom. The molecule has 4 rings (SSSR count). The Bertz CT molecular complexity index is 897. The molecule has 6 heteroatoms. The van der Waals surface area contributed by atoms with Gasteiger partial charge in [0, 0.05) is 5.69 Å². The van der Waals surface area contributed by atoms with Crippen molar-refractivity contribution < 1.29 is 0 Å². The Hall–Kier alpha value is -3.15. The van der Waals surface area contributed by atoms with E-state index in [4.69, 9.17) is 5.73 Å². The summed E-state index contributed by atoms with van der Waals surface area (Å²) in [4.78, 5) is 8.44. The average Bonchev–Trinajstić information content (AvgIpc) is 3.22. The second kappa shape index (κ2) is 7.39. The van der Waals surface area contributed by atoms with Crippen molar-refractivity contribution >= 4 is 11.6 Å². The molecular weight excluding hydrogens is 324 g/mol. The maximum atomic E-state index is 6.11. The van der Waals surface area contributed by atoms with Crippen molar-refractivity contribution in [1.29, 1.82) is 0 Å². The Labute approximate surface area is 152 Å². The van der Waals surface area contributed by atoms with Crippen LogP contribution in [0.4, 0.5) is 5.69 Å². The van der Waals surface area contributed by atoms with Crippen LogP contribution >= 0.6 is 0 Å². The van der Waals surface area contributed by atoms with E-state index in [1.165, 1.54) is 30.3 Å². The first-order valence-electron chi connectivity index (χ1n) is 8.91. The van der Waals surface area contributed by atoms with Crippen LogP contribution in [-0.4, -0.2) is 20.7 Å². The van der Waals surface area contributed by atoms with Crippen molar-refractivity contribution in [3.05, 3.63) is 71.8 Å². The third-order valence-corrected chi connectivity index (χ3v) is 4.71. The first-order valence-corrected chi connectivity index (χ1v) is 8.91. The van der Waals surface area contributed by atoms with Gasteiger partial charge in [0.05, 0.1) is 12.2 Å². The summed E-state index contributed by atoms with van der Waals surface area (Å²) in [5.41, 5.74) is 12.1. The molecule has 0 aliphatic heterocycles. The number of rotatable bonds is 4. The molecule has 1 heterocycles. The van der Waals surface area contributed by atoms with Gasteiger partial charge >= 0.3 is 0 Å². The van der Waals surface area contributed by atoms with Crippen LogP contribution in [0.3, 0.4) is 0 Å². The summed E-state index contributed by atoms with van der Waals surface area (Å²) in [6, 6.07) is 14.4. The largest absolute Gasteiger partial charge is 0.370 e. The Morgan fingerprint density at radius 1 is 1.12 bits per heavy atom. The van der Waals surface area contributed by atoms with Crippen molar-refractivity contribution in [2.24, 2.45) is 10.7 Å². The normalized spacial score (nSPS) is 14.1. The Balaban J connectivity index is 1.43. The highest BCUT2D eigenvalue weighted by Crippen LogP contribution is 2.27.